The van der Waals surface area contributed by atoms with Gasteiger partial charge in [-0.15, -0.1) is 0 Å². The lowest BCUT2D eigenvalue weighted by molar-refractivity contribution is -0.0310. The largest absolute Gasteiger partial charge is 0.359 e. The van der Waals surface area contributed by atoms with Gasteiger partial charge in [0, 0.05) is 30.6 Å². The minimum absolute atomic E-state index is 0.346. The monoisotopic (exact) mass is 367 g/mol. The summed E-state index contributed by atoms with van der Waals surface area (Å²) < 4.78 is 13.0. The first kappa shape index (κ1) is 17.1. The standard InChI is InChI=1S/C16H22BrN3O2/c1-12(2)16-13(5-4-8-22-11-21-3)10-20(19-16)15-7-6-14(17)9-18-15/h6-7,9-10,12H,4-5,8,11H2,1-3H3. The molecule has 2 aromatic heterocycles. The third-order valence-corrected chi connectivity index (χ3v) is 3.72. The van der Waals surface area contributed by atoms with Crippen LogP contribution in [0.1, 0.15) is 37.4 Å². The summed E-state index contributed by atoms with van der Waals surface area (Å²) in [5.74, 6) is 1.21. The van der Waals surface area contributed by atoms with E-state index in [1.165, 1.54) is 5.56 Å². The van der Waals surface area contributed by atoms with Gasteiger partial charge >= 0.3 is 0 Å². The van der Waals surface area contributed by atoms with Crippen LogP contribution in [-0.4, -0.2) is 35.3 Å². The molecule has 2 heterocycles. The molecule has 120 valence electrons. The number of methoxy groups -OCH3 is 1. The second-order valence-electron chi connectivity index (χ2n) is 5.39. The van der Waals surface area contributed by atoms with E-state index in [9.17, 15) is 0 Å². The molecule has 0 spiro atoms. The zero-order valence-corrected chi connectivity index (χ0v) is 14.8. The number of hydrogen-bond donors (Lipinski definition) is 0. The molecule has 0 atom stereocenters. The number of hydrogen-bond acceptors (Lipinski definition) is 4. The quantitative estimate of drug-likeness (QED) is 0.527. The number of rotatable bonds is 8. The number of halogens is 1. The van der Waals surface area contributed by atoms with Gasteiger partial charge in [0.25, 0.3) is 0 Å². The summed E-state index contributed by atoms with van der Waals surface area (Å²) in [4.78, 5) is 4.40. The van der Waals surface area contributed by atoms with Gasteiger partial charge in [0.05, 0.1) is 5.69 Å². The molecule has 5 nitrogen and oxygen atoms in total. The van der Waals surface area contributed by atoms with Crippen molar-refractivity contribution < 1.29 is 9.47 Å². The Morgan fingerprint density at radius 3 is 2.77 bits per heavy atom. The van der Waals surface area contributed by atoms with Crippen LogP contribution in [0.4, 0.5) is 0 Å². The predicted octanol–water partition coefficient (Wildman–Crippen LogP) is 3.71. The minimum atomic E-state index is 0.346. The molecule has 0 N–H and O–H groups in total. The maximum absolute atomic E-state index is 5.34. The van der Waals surface area contributed by atoms with Crippen LogP contribution in [0.15, 0.2) is 29.0 Å². The Hall–Kier alpha value is -1.24. The van der Waals surface area contributed by atoms with Crippen LogP contribution in [0.5, 0.6) is 0 Å². The average Bonchev–Trinajstić information content (AvgIpc) is 2.92. The molecule has 0 radical (unpaired) electrons. The lowest BCUT2D eigenvalue weighted by Gasteiger charge is -2.05. The van der Waals surface area contributed by atoms with E-state index in [1.54, 1.807) is 13.3 Å². The summed E-state index contributed by atoms with van der Waals surface area (Å²) >= 11 is 3.40. The van der Waals surface area contributed by atoms with Crippen molar-refractivity contribution in [2.45, 2.75) is 32.6 Å². The fourth-order valence-corrected chi connectivity index (χ4v) is 2.46. The smallest absolute Gasteiger partial charge is 0.153 e. The molecular weight excluding hydrogens is 346 g/mol. The van der Waals surface area contributed by atoms with Gasteiger partial charge < -0.3 is 9.47 Å². The van der Waals surface area contributed by atoms with Crippen LogP contribution < -0.4 is 0 Å². The maximum Gasteiger partial charge on any atom is 0.153 e. The van der Waals surface area contributed by atoms with Crippen molar-refractivity contribution in [3.63, 3.8) is 0 Å². The van der Waals surface area contributed by atoms with Crippen molar-refractivity contribution in [1.82, 2.24) is 14.8 Å². The van der Waals surface area contributed by atoms with Gasteiger partial charge in [0.15, 0.2) is 5.82 Å². The summed E-state index contributed by atoms with van der Waals surface area (Å²) in [6.45, 7) is 5.35. The molecule has 22 heavy (non-hydrogen) atoms. The summed E-state index contributed by atoms with van der Waals surface area (Å²) in [5.41, 5.74) is 2.37. The van der Waals surface area contributed by atoms with Crippen molar-refractivity contribution in [2.24, 2.45) is 0 Å². The van der Waals surface area contributed by atoms with E-state index in [2.05, 4.69) is 41.0 Å². The van der Waals surface area contributed by atoms with Gasteiger partial charge in [-0.2, -0.15) is 5.10 Å². The van der Waals surface area contributed by atoms with E-state index >= 15 is 0 Å². The highest BCUT2D eigenvalue weighted by molar-refractivity contribution is 9.10. The van der Waals surface area contributed by atoms with E-state index in [1.807, 2.05) is 16.8 Å². The molecule has 0 saturated carbocycles. The highest BCUT2D eigenvalue weighted by Gasteiger charge is 2.13. The Bertz CT molecular complexity index is 582. The van der Waals surface area contributed by atoms with Gasteiger partial charge in [-0.25, -0.2) is 9.67 Å². The Morgan fingerprint density at radius 1 is 1.32 bits per heavy atom. The predicted molar refractivity (Wildman–Crippen MR) is 89.3 cm³/mol. The fourth-order valence-electron chi connectivity index (χ4n) is 2.23. The molecule has 0 aliphatic rings. The van der Waals surface area contributed by atoms with Gasteiger partial charge in [0.2, 0.25) is 0 Å². The normalized spacial score (nSPS) is 11.3. The second kappa shape index (κ2) is 8.41. The first-order chi connectivity index (χ1) is 10.6. The summed E-state index contributed by atoms with van der Waals surface area (Å²) in [7, 11) is 1.63. The van der Waals surface area contributed by atoms with Gasteiger partial charge in [0.1, 0.15) is 6.79 Å². The van der Waals surface area contributed by atoms with Gasteiger partial charge in [-0.05, 0) is 52.4 Å². The third kappa shape index (κ3) is 4.63. The molecule has 0 aliphatic carbocycles. The van der Waals surface area contributed by atoms with E-state index in [-0.39, 0.29) is 0 Å². The average molecular weight is 368 g/mol. The Morgan fingerprint density at radius 2 is 2.14 bits per heavy atom. The second-order valence-corrected chi connectivity index (χ2v) is 6.31. The molecule has 0 amide bonds. The molecule has 0 fully saturated rings. The van der Waals surface area contributed by atoms with Crippen LogP contribution >= 0.6 is 15.9 Å². The molecule has 6 heteroatoms. The molecule has 2 rings (SSSR count). The zero-order valence-electron chi connectivity index (χ0n) is 13.3. The summed E-state index contributed by atoms with van der Waals surface area (Å²) in [5, 5.41) is 4.70. The Kier molecular flexibility index (Phi) is 6.54. The molecule has 0 aliphatic heterocycles. The van der Waals surface area contributed by atoms with E-state index in [4.69, 9.17) is 14.6 Å². The van der Waals surface area contributed by atoms with E-state index in [0.29, 0.717) is 19.3 Å². The van der Waals surface area contributed by atoms with Crippen molar-refractivity contribution in [1.29, 1.82) is 0 Å². The van der Waals surface area contributed by atoms with Crippen LogP contribution in [0, 0.1) is 0 Å². The number of pyridine rings is 1. The van der Waals surface area contributed by atoms with Crippen LogP contribution in [0.3, 0.4) is 0 Å². The zero-order chi connectivity index (χ0) is 15.9. The molecule has 0 bridgehead atoms. The number of nitrogens with zero attached hydrogens (tertiary/aromatic N) is 3. The van der Waals surface area contributed by atoms with Crippen molar-refractivity contribution in [2.75, 3.05) is 20.5 Å². The fraction of sp³-hybridized carbons (Fsp3) is 0.500. The van der Waals surface area contributed by atoms with Crippen molar-refractivity contribution >= 4 is 15.9 Å². The van der Waals surface area contributed by atoms with Crippen LogP contribution in [0.2, 0.25) is 0 Å². The SMILES string of the molecule is COCOCCCc1cn(-c2ccc(Br)cn2)nc1C(C)C. The third-order valence-electron chi connectivity index (χ3n) is 3.25. The Balaban J connectivity index is 2.10. The maximum atomic E-state index is 5.34. The van der Waals surface area contributed by atoms with Crippen molar-refractivity contribution in [3.05, 3.63) is 40.3 Å². The minimum Gasteiger partial charge on any atom is -0.359 e. The first-order valence-electron chi connectivity index (χ1n) is 7.39. The first-order valence-corrected chi connectivity index (χ1v) is 8.18. The highest BCUT2D eigenvalue weighted by Crippen LogP contribution is 2.21. The molecule has 2 aromatic rings. The molecule has 0 saturated heterocycles. The lowest BCUT2D eigenvalue weighted by Crippen LogP contribution is -2.01. The van der Waals surface area contributed by atoms with Gasteiger partial charge in [-0.3, -0.25) is 0 Å². The molecule has 0 unspecified atom stereocenters. The Labute approximate surface area is 139 Å². The number of aryl methyl sites for hydroxylation is 1. The summed E-state index contributed by atoms with van der Waals surface area (Å²) in [6, 6.07) is 3.92. The highest BCUT2D eigenvalue weighted by atomic mass is 79.9. The number of ether oxygens (including phenoxy) is 2. The lowest BCUT2D eigenvalue weighted by atomic mass is 10.0. The summed E-state index contributed by atoms with van der Waals surface area (Å²) in [6.07, 6.45) is 5.74. The van der Waals surface area contributed by atoms with Crippen molar-refractivity contribution in [3.8, 4) is 5.82 Å². The number of aromatic nitrogens is 3. The van der Waals surface area contributed by atoms with Crippen LogP contribution in [0.25, 0.3) is 5.82 Å². The van der Waals surface area contributed by atoms with Crippen LogP contribution in [-0.2, 0) is 15.9 Å². The van der Waals surface area contributed by atoms with Gasteiger partial charge in [-0.1, -0.05) is 13.8 Å². The topological polar surface area (TPSA) is 49.2 Å². The molecule has 0 aromatic carbocycles. The van der Waals surface area contributed by atoms with E-state index in [0.717, 1.165) is 28.8 Å². The van der Waals surface area contributed by atoms with E-state index < -0.39 is 0 Å². The molecular formula is C16H22BrN3O2.